The number of amides is 1. The van der Waals surface area contributed by atoms with E-state index in [9.17, 15) is 4.79 Å². The Kier molecular flexibility index (Phi) is 5.75. The second kappa shape index (κ2) is 7.71. The molecule has 6 heteroatoms. The van der Waals surface area contributed by atoms with Gasteiger partial charge in [-0.25, -0.2) is 4.79 Å². The van der Waals surface area contributed by atoms with Gasteiger partial charge in [0, 0.05) is 31.2 Å². The summed E-state index contributed by atoms with van der Waals surface area (Å²) in [6, 6.07) is 11.2. The number of quaternary nitrogens is 1. The van der Waals surface area contributed by atoms with Gasteiger partial charge in [-0.05, 0) is 28.5 Å². The molecule has 3 heterocycles. The lowest BCUT2D eigenvalue weighted by Crippen LogP contribution is -3.00. The first-order valence-electron chi connectivity index (χ1n) is 8.96. The average Bonchev–Trinajstić information content (AvgIpc) is 3.12. The summed E-state index contributed by atoms with van der Waals surface area (Å²) in [5, 5.41) is 7.09. The Morgan fingerprint density at radius 2 is 1.85 bits per heavy atom. The Bertz CT molecular complexity index is 747. The van der Waals surface area contributed by atoms with E-state index in [-0.39, 0.29) is 29.2 Å². The van der Waals surface area contributed by atoms with Crippen LogP contribution in [-0.2, 0) is 4.74 Å². The molecule has 0 spiro atoms. The van der Waals surface area contributed by atoms with Gasteiger partial charge in [0.05, 0.1) is 31.9 Å². The molecule has 2 aromatic rings. The third-order valence-corrected chi connectivity index (χ3v) is 6.74. The number of anilines is 1. The van der Waals surface area contributed by atoms with Gasteiger partial charge in [0.1, 0.15) is 6.10 Å². The number of piperidine rings is 1. The molecular weight excluding hydrogens is 412 g/mol. The number of thiophene rings is 1. The number of carbonyl (C=O) groups is 1. The van der Waals surface area contributed by atoms with Crippen molar-refractivity contribution in [2.24, 2.45) is 0 Å². The first-order chi connectivity index (χ1) is 12.0. The minimum Gasteiger partial charge on any atom is -1.00 e. The number of hydrogen-bond acceptors (Lipinski definition) is 3. The van der Waals surface area contributed by atoms with Crippen molar-refractivity contribution in [1.29, 1.82) is 0 Å². The van der Waals surface area contributed by atoms with Crippen molar-refractivity contribution in [2.75, 3.05) is 19.4 Å². The van der Waals surface area contributed by atoms with Crippen molar-refractivity contribution in [3.8, 4) is 11.1 Å². The van der Waals surface area contributed by atoms with Crippen LogP contribution in [0.2, 0.25) is 0 Å². The second-order valence-electron chi connectivity index (χ2n) is 7.70. The van der Waals surface area contributed by atoms with Gasteiger partial charge >= 0.3 is 6.09 Å². The van der Waals surface area contributed by atoms with Gasteiger partial charge in [0.15, 0.2) is 0 Å². The molecule has 140 valence electrons. The van der Waals surface area contributed by atoms with E-state index in [0.717, 1.165) is 34.1 Å². The number of nitrogens with zero attached hydrogens (tertiary/aromatic N) is 1. The summed E-state index contributed by atoms with van der Waals surface area (Å²) in [6.07, 6.45) is 4.16. The molecule has 1 unspecified atom stereocenters. The number of benzene rings is 1. The molecule has 2 aliphatic heterocycles. The normalized spacial score (nSPS) is 26.0. The summed E-state index contributed by atoms with van der Waals surface area (Å²) in [5.74, 6) is 0. The molecule has 26 heavy (non-hydrogen) atoms. The number of nitrogens with one attached hydrogen (secondary N) is 1. The van der Waals surface area contributed by atoms with E-state index in [1.165, 1.54) is 12.8 Å². The largest absolute Gasteiger partial charge is 1.00 e. The molecule has 2 bridgehead atoms. The van der Waals surface area contributed by atoms with Gasteiger partial charge in [-0.2, -0.15) is 11.3 Å². The quantitative estimate of drug-likeness (QED) is 0.744. The third kappa shape index (κ3) is 3.68. The lowest BCUT2D eigenvalue weighted by atomic mass is 9.98. The molecule has 2 aliphatic rings. The Morgan fingerprint density at radius 1 is 1.15 bits per heavy atom. The minimum absolute atomic E-state index is 0. The minimum atomic E-state index is -0.334. The number of fused-ring (bicyclic) bond motifs is 2. The maximum absolute atomic E-state index is 12.5. The van der Waals surface area contributed by atoms with E-state index in [2.05, 4.69) is 30.9 Å². The highest BCUT2D eigenvalue weighted by molar-refractivity contribution is 7.08. The van der Waals surface area contributed by atoms with Crippen molar-refractivity contribution in [3.63, 3.8) is 0 Å². The van der Waals surface area contributed by atoms with E-state index in [1.807, 2.05) is 29.6 Å². The zero-order chi connectivity index (χ0) is 17.4. The zero-order valence-electron chi connectivity index (χ0n) is 15.2. The van der Waals surface area contributed by atoms with E-state index in [4.69, 9.17) is 4.74 Å². The zero-order valence-corrected chi connectivity index (χ0v) is 17.6. The molecule has 1 N–H and O–H groups in total. The number of para-hydroxylation sites is 1. The molecule has 2 fully saturated rings. The summed E-state index contributed by atoms with van der Waals surface area (Å²) < 4.78 is 6.87. The molecule has 3 atom stereocenters. The van der Waals surface area contributed by atoms with Gasteiger partial charge in [-0.3, -0.25) is 5.32 Å². The lowest BCUT2D eigenvalue weighted by Gasteiger charge is -2.43. The van der Waals surface area contributed by atoms with Crippen LogP contribution in [0, 0.1) is 0 Å². The maximum atomic E-state index is 12.5. The predicted molar refractivity (Wildman–Crippen MR) is 102 cm³/mol. The van der Waals surface area contributed by atoms with E-state index < -0.39 is 0 Å². The standard InChI is InChI=1S/C20H24N2O2S.BrH/c1-22(2)15-7-8-16(22)12-17(11-15)24-20(23)21-19-6-4-3-5-18(19)14-9-10-25-13-14;/h3-6,9-10,13,15-17H,7-8,11-12H2,1-2H3;1H/t15-,16+,17?;. The number of ether oxygens (including phenoxy) is 1. The van der Waals surface area contributed by atoms with Gasteiger partial charge in [0.2, 0.25) is 0 Å². The number of halogens is 1. The first-order valence-corrected chi connectivity index (χ1v) is 9.91. The second-order valence-corrected chi connectivity index (χ2v) is 8.48. The van der Waals surface area contributed by atoms with Crippen LogP contribution in [0.1, 0.15) is 25.7 Å². The van der Waals surface area contributed by atoms with Crippen LogP contribution in [0.5, 0.6) is 0 Å². The van der Waals surface area contributed by atoms with Crippen molar-refractivity contribution >= 4 is 23.1 Å². The summed E-state index contributed by atoms with van der Waals surface area (Å²) >= 11 is 1.65. The molecule has 0 radical (unpaired) electrons. The van der Waals surface area contributed by atoms with Crippen LogP contribution in [0.25, 0.3) is 11.1 Å². The molecule has 1 aromatic heterocycles. The Morgan fingerprint density at radius 3 is 2.50 bits per heavy atom. The van der Waals surface area contributed by atoms with Crippen LogP contribution in [0.3, 0.4) is 0 Å². The van der Waals surface area contributed by atoms with Crippen molar-refractivity contribution < 1.29 is 31.0 Å². The molecule has 4 rings (SSSR count). The van der Waals surface area contributed by atoms with Crippen LogP contribution >= 0.6 is 11.3 Å². The van der Waals surface area contributed by atoms with Gasteiger partial charge in [0.25, 0.3) is 0 Å². The van der Waals surface area contributed by atoms with Crippen LogP contribution in [0.4, 0.5) is 10.5 Å². The van der Waals surface area contributed by atoms with Crippen LogP contribution < -0.4 is 22.3 Å². The smallest absolute Gasteiger partial charge is 0.411 e. The van der Waals surface area contributed by atoms with E-state index >= 15 is 0 Å². The fraction of sp³-hybridized carbons (Fsp3) is 0.450. The van der Waals surface area contributed by atoms with Crippen molar-refractivity contribution in [2.45, 2.75) is 43.9 Å². The fourth-order valence-corrected chi connectivity index (χ4v) is 5.14. The van der Waals surface area contributed by atoms with E-state index in [0.29, 0.717) is 12.1 Å². The Hall–Kier alpha value is -1.37. The Labute approximate surface area is 169 Å². The summed E-state index contributed by atoms with van der Waals surface area (Å²) in [6.45, 7) is 0. The van der Waals surface area contributed by atoms with Crippen LogP contribution in [0.15, 0.2) is 41.1 Å². The maximum Gasteiger partial charge on any atom is 0.411 e. The predicted octanol–water partition coefficient (Wildman–Crippen LogP) is 1.74. The fourth-order valence-electron chi connectivity index (χ4n) is 4.48. The summed E-state index contributed by atoms with van der Waals surface area (Å²) in [7, 11) is 4.63. The molecule has 2 saturated heterocycles. The third-order valence-electron chi connectivity index (χ3n) is 6.05. The molecule has 1 aromatic carbocycles. The highest BCUT2D eigenvalue weighted by Crippen LogP contribution is 2.40. The molecule has 4 nitrogen and oxygen atoms in total. The monoisotopic (exact) mass is 436 g/mol. The number of rotatable bonds is 3. The molecule has 0 saturated carbocycles. The van der Waals surface area contributed by atoms with Gasteiger partial charge < -0.3 is 26.2 Å². The van der Waals surface area contributed by atoms with Gasteiger partial charge in [-0.1, -0.05) is 18.2 Å². The number of carbonyl (C=O) groups excluding carboxylic acids is 1. The molecular formula is C20H25BrN2O2S. The summed E-state index contributed by atoms with van der Waals surface area (Å²) in [5.41, 5.74) is 2.96. The highest BCUT2D eigenvalue weighted by atomic mass is 79.9. The summed E-state index contributed by atoms with van der Waals surface area (Å²) in [4.78, 5) is 12.5. The average molecular weight is 437 g/mol. The lowest BCUT2D eigenvalue weighted by molar-refractivity contribution is -0.931. The Balaban J connectivity index is 0.00000196. The van der Waals surface area contributed by atoms with Crippen LogP contribution in [-0.4, -0.2) is 42.9 Å². The highest BCUT2D eigenvalue weighted by Gasteiger charge is 2.49. The SMILES string of the molecule is C[N+]1(C)[C@@H]2CC[C@H]1CC(OC(=O)Nc1ccccc1-c1ccsc1)C2.[Br-]. The number of hydrogen-bond donors (Lipinski definition) is 1. The van der Waals surface area contributed by atoms with Crippen molar-refractivity contribution in [3.05, 3.63) is 41.1 Å². The topological polar surface area (TPSA) is 38.3 Å². The molecule has 0 aliphatic carbocycles. The molecule has 1 amide bonds. The van der Waals surface area contributed by atoms with E-state index in [1.54, 1.807) is 11.3 Å². The first kappa shape index (κ1) is 19.4. The van der Waals surface area contributed by atoms with Crippen molar-refractivity contribution in [1.82, 2.24) is 0 Å². The van der Waals surface area contributed by atoms with Gasteiger partial charge in [-0.15, -0.1) is 0 Å².